The van der Waals surface area contributed by atoms with Gasteiger partial charge in [0.25, 0.3) is 5.91 Å². The summed E-state index contributed by atoms with van der Waals surface area (Å²) < 4.78 is 33.5. The van der Waals surface area contributed by atoms with Crippen molar-refractivity contribution in [1.82, 2.24) is 0 Å². The maximum Gasteiger partial charge on any atom is 0.340 e. The number of amides is 1. The monoisotopic (exact) mass is 474 g/mol. The Labute approximate surface area is 190 Å². The van der Waals surface area contributed by atoms with Gasteiger partial charge in [-0.3, -0.25) is 4.79 Å². The molecular weight excluding hydrogens is 456 g/mol. The fourth-order valence-electron chi connectivity index (χ4n) is 2.59. The van der Waals surface area contributed by atoms with Crippen LogP contribution in [0.1, 0.15) is 15.9 Å². The number of esters is 1. The fraction of sp³-hybridized carbons (Fsp3) is 0.0909. The number of carbonyl (C=O) groups is 2. The second kappa shape index (κ2) is 9.82. The number of nitrogens with two attached hydrogens (primary N) is 1. The molecular formula is C22H19ClN2O6S. The molecule has 0 saturated carbocycles. The largest absolute Gasteiger partial charge is 0.457 e. The van der Waals surface area contributed by atoms with Gasteiger partial charge in [-0.05, 0) is 61.5 Å². The standard InChI is InChI=1S/C22H19ClN2O6S/c1-14-2-6-16(7-3-14)31-17-8-4-15(5-9-17)25-21(26)13-30-22(27)19-12-18(32(24,28)29)10-11-20(19)23/h2-12H,13H2,1H3,(H,25,26)(H2,24,28,29). The summed E-state index contributed by atoms with van der Waals surface area (Å²) in [5.74, 6) is -0.283. The van der Waals surface area contributed by atoms with Gasteiger partial charge in [-0.2, -0.15) is 0 Å². The summed E-state index contributed by atoms with van der Waals surface area (Å²) in [5.41, 5.74) is 1.37. The molecule has 3 rings (SSSR count). The Morgan fingerprint density at radius 2 is 1.56 bits per heavy atom. The summed E-state index contributed by atoms with van der Waals surface area (Å²) in [6, 6.07) is 17.6. The first kappa shape index (κ1) is 23.3. The minimum absolute atomic E-state index is 0.0352. The van der Waals surface area contributed by atoms with Gasteiger partial charge in [0.15, 0.2) is 6.61 Å². The maximum absolute atomic E-state index is 12.2. The molecule has 0 aliphatic carbocycles. The lowest BCUT2D eigenvalue weighted by Gasteiger charge is -2.10. The van der Waals surface area contributed by atoms with E-state index in [1.54, 1.807) is 24.3 Å². The number of hydrogen-bond donors (Lipinski definition) is 2. The highest BCUT2D eigenvalue weighted by atomic mass is 35.5. The van der Waals surface area contributed by atoms with Crippen LogP contribution in [0.2, 0.25) is 5.02 Å². The fourth-order valence-corrected chi connectivity index (χ4v) is 3.33. The van der Waals surface area contributed by atoms with E-state index in [1.807, 2.05) is 31.2 Å². The van der Waals surface area contributed by atoms with E-state index >= 15 is 0 Å². The third kappa shape index (κ3) is 6.30. The summed E-state index contributed by atoms with van der Waals surface area (Å²) in [6.45, 7) is 1.38. The second-order valence-corrected chi connectivity index (χ2v) is 8.72. The summed E-state index contributed by atoms with van der Waals surface area (Å²) in [7, 11) is -4.03. The summed E-state index contributed by atoms with van der Waals surface area (Å²) in [4.78, 5) is 24.0. The van der Waals surface area contributed by atoms with Crippen molar-refractivity contribution in [2.45, 2.75) is 11.8 Å². The van der Waals surface area contributed by atoms with Crippen molar-refractivity contribution < 1.29 is 27.5 Å². The van der Waals surface area contributed by atoms with Gasteiger partial charge in [0.1, 0.15) is 11.5 Å². The lowest BCUT2D eigenvalue weighted by molar-refractivity contribution is -0.119. The molecule has 8 nitrogen and oxygen atoms in total. The Bertz CT molecular complexity index is 1240. The number of rotatable bonds is 7. The zero-order valence-corrected chi connectivity index (χ0v) is 18.4. The van der Waals surface area contributed by atoms with Crippen LogP contribution in [0.5, 0.6) is 11.5 Å². The first-order chi connectivity index (χ1) is 15.1. The van der Waals surface area contributed by atoms with Crippen molar-refractivity contribution in [1.29, 1.82) is 0 Å². The van der Waals surface area contributed by atoms with Gasteiger partial charge in [-0.25, -0.2) is 18.4 Å². The van der Waals surface area contributed by atoms with Crippen LogP contribution in [-0.4, -0.2) is 26.9 Å². The molecule has 0 fully saturated rings. The quantitative estimate of drug-likeness (QED) is 0.500. The predicted octanol–water partition coefficient (Wildman–Crippen LogP) is 3.88. The highest BCUT2D eigenvalue weighted by Crippen LogP contribution is 2.24. The zero-order valence-electron chi connectivity index (χ0n) is 16.9. The van der Waals surface area contributed by atoms with Crippen molar-refractivity contribution in [2.75, 3.05) is 11.9 Å². The van der Waals surface area contributed by atoms with E-state index in [0.29, 0.717) is 17.2 Å². The third-order valence-electron chi connectivity index (χ3n) is 4.22. The summed E-state index contributed by atoms with van der Waals surface area (Å²) in [6.07, 6.45) is 0. The summed E-state index contributed by atoms with van der Waals surface area (Å²) in [5, 5.41) is 7.59. The van der Waals surface area contributed by atoms with Gasteiger partial charge in [0.2, 0.25) is 10.0 Å². The molecule has 0 bridgehead atoms. The van der Waals surface area contributed by atoms with E-state index < -0.39 is 28.5 Å². The zero-order chi connectivity index (χ0) is 23.3. The highest BCUT2D eigenvalue weighted by molar-refractivity contribution is 7.89. The van der Waals surface area contributed by atoms with E-state index in [1.165, 1.54) is 6.07 Å². The third-order valence-corrected chi connectivity index (χ3v) is 5.46. The van der Waals surface area contributed by atoms with Crippen molar-refractivity contribution in [3.8, 4) is 11.5 Å². The van der Waals surface area contributed by atoms with Crippen LogP contribution in [0, 0.1) is 6.92 Å². The number of benzene rings is 3. The topological polar surface area (TPSA) is 125 Å². The lowest BCUT2D eigenvalue weighted by Crippen LogP contribution is -2.21. The summed E-state index contributed by atoms with van der Waals surface area (Å²) >= 11 is 5.92. The van der Waals surface area contributed by atoms with Crippen LogP contribution in [0.25, 0.3) is 0 Å². The Balaban J connectivity index is 1.56. The van der Waals surface area contributed by atoms with Crippen molar-refractivity contribution in [2.24, 2.45) is 5.14 Å². The number of ether oxygens (including phenoxy) is 2. The molecule has 0 aromatic heterocycles. The van der Waals surface area contributed by atoms with Gasteiger partial charge in [-0.1, -0.05) is 29.3 Å². The van der Waals surface area contributed by atoms with E-state index in [-0.39, 0.29) is 15.5 Å². The van der Waals surface area contributed by atoms with Gasteiger partial charge in [0, 0.05) is 5.69 Å². The number of halogens is 1. The second-order valence-electron chi connectivity index (χ2n) is 6.75. The number of carbonyl (C=O) groups excluding carboxylic acids is 2. The van der Waals surface area contributed by atoms with Crippen LogP contribution in [0.4, 0.5) is 5.69 Å². The number of sulfonamides is 1. The molecule has 1 amide bonds. The molecule has 3 aromatic carbocycles. The average Bonchev–Trinajstić information content (AvgIpc) is 2.74. The van der Waals surface area contributed by atoms with E-state index in [4.69, 9.17) is 26.2 Å². The number of hydrogen-bond acceptors (Lipinski definition) is 6. The smallest absolute Gasteiger partial charge is 0.340 e. The molecule has 0 atom stereocenters. The van der Waals surface area contributed by atoms with Crippen LogP contribution < -0.4 is 15.2 Å². The lowest BCUT2D eigenvalue weighted by atomic mass is 10.2. The molecule has 0 saturated heterocycles. The van der Waals surface area contributed by atoms with Crippen molar-refractivity contribution in [3.05, 3.63) is 82.9 Å². The molecule has 10 heteroatoms. The van der Waals surface area contributed by atoms with Gasteiger partial charge < -0.3 is 14.8 Å². The van der Waals surface area contributed by atoms with Crippen molar-refractivity contribution >= 4 is 39.2 Å². The minimum atomic E-state index is -4.03. The number of nitrogens with one attached hydrogen (secondary N) is 1. The molecule has 0 radical (unpaired) electrons. The first-order valence-corrected chi connectivity index (χ1v) is 11.2. The predicted molar refractivity (Wildman–Crippen MR) is 119 cm³/mol. The van der Waals surface area contributed by atoms with E-state index in [0.717, 1.165) is 17.7 Å². The van der Waals surface area contributed by atoms with E-state index in [2.05, 4.69) is 5.32 Å². The van der Waals surface area contributed by atoms with Crippen molar-refractivity contribution in [3.63, 3.8) is 0 Å². The van der Waals surface area contributed by atoms with Crippen LogP contribution >= 0.6 is 11.6 Å². The Morgan fingerprint density at radius 1 is 0.969 bits per heavy atom. The molecule has 0 aliphatic rings. The van der Waals surface area contributed by atoms with Gasteiger partial charge in [-0.15, -0.1) is 0 Å². The Morgan fingerprint density at radius 3 is 2.16 bits per heavy atom. The Kier molecular flexibility index (Phi) is 7.14. The molecule has 166 valence electrons. The van der Waals surface area contributed by atoms with Crippen LogP contribution in [0.3, 0.4) is 0 Å². The highest BCUT2D eigenvalue weighted by Gasteiger charge is 2.18. The normalized spacial score (nSPS) is 11.0. The van der Waals surface area contributed by atoms with Gasteiger partial charge >= 0.3 is 5.97 Å². The number of primary sulfonamides is 1. The van der Waals surface area contributed by atoms with Crippen LogP contribution in [-0.2, 0) is 19.6 Å². The molecule has 0 heterocycles. The SMILES string of the molecule is Cc1ccc(Oc2ccc(NC(=O)COC(=O)c3cc(S(N)(=O)=O)ccc3Cl)cc2)cc1. The average molecular weight is 475 g/mol. The number of aryl methyl sites for hydroxylation is 1. The first-order valence-electron chi connectivity index (χ1n) is 9.26. The van der Waals surface area contributed by atoms with Gasteiger partial charge in [0.05, 0.1) is 15.5 Å². The molecule has 0 aliphatic heterocycles. The minimum Gasteiger partial charge on any atom is -0.457 e. The van der Waals surface area contributed by atoms with Crippen LogP contribution in [0.15, 0.2) is 71.6 Å². The molecule has 0 unspecified atom stereocenters. The molecule has 0 spiro atoms. The molecule has 3 N–H and O–H groups in total. The number of anilines is 1. The Hall–Kier alpha value is -3.40. The maximum atomic E-state index is 12.2. The molecule has 32 heavy (non-hydrogen) atoms. The molecule has 3 aromatic rings. The van der Waals surface area contributed by atoms with E-state index in [9.17, 15) is 18.0 Å².